The van der Waals surface area contributed by atoms with Crippen LogP contribution in [0.4, 0.5) is 5.95 Å². The molecule has 1 N–H and O–H groups in total. The molecule has 0 radical (unpaired) electrons. The summed E-state index contributed by atoms with van der Waals surface area (Å²) in [6, 6.07) is 17.1. The van der Waals surface area contributed by atoms with Crippen LogP contribution in [0.1, 0.15) is 11.1 Å². The lowest BCUT2D eigenvalue weighted by molar-refractivity contribution is 0.702. The Bertz CT molecular complexity index is 1430. The van der Waals surface area contributed by atoms with Crippen LogP contribution in [0.25, 0.3) is 17.2 Å². The molecule has 0 bridgehead atoms. The number of allylic oxidation sites excluding steroid dienone is 1. The number of nitrogens with zero attached hydrogens (tertiary/aromatic N) is 5. The molecule has 0 atom stereocenters. The number of aromatic nitrogens is 4. The molecule has 0 unspecified atom stereocenters. The molecule has 2 aromatic heterocycles. The molecule has 0 aliphatic rings. The van der Waals surface area contributed by atoms with Crippen LogP contribution >= 0.6 is 11.6 Å². The fraction of sp³-hybridized carbons (Fsp3) is 0.130. The van der Waals surface area contributed by atoms with Crippen LogP contribution in [0.3, 0.4) is 0 Å². The number of rotatable bonds is 6. The Labute approximate surface area is 188 Å². The Morgan fingerprint density at radius 2 is 1.75 bits per heavy atom. The number of hydrazone groups is 1. The highest BCUT2D eigenvalue weighted by atomic mass is 35.5. The minimum absolute atomic E-state index is 0.282. The van der Waals surface area contributed by atoms with E-state index in [1.807, 2.05) is 48.5 Å². The summed E-state index contributed by atoms with van der Waals surface area (Å²) in [5, 5.41) is 4.83. The molecule has 0 aliphatic carbocycles. The largest absolute Gasteiger partial charge is 0.332 e. The predicted molar refractivity (Wildman–Crippen MR) is 128 cm³/mol. The Morgan fingerprint density at radius 3 is 2.47 bits per heavy atom. The maximum atomic E-state index is 12.9. The van der Waals surface area contributed by atoms with Gasteiger partial charge in [0.2, 0.25) is 5.95 Å². The van der Waals surface area contributed by atoms with Gasteiger partial charge in [0.1, 0.15) is 0 Å². The van der Waals surface area contributed by atoms with Gasteiger partial charge >= 0.3 is 5.69 Å². The van der Waals surface area contributed by atoms with Gasteiger partial charge in [0.15, 0.2) is 11.2 Å². The van der Waals surface area contributed by atoms with Gasteiger partial charge in [-0.05, 0) is 29.3 Å². The molecule has 0 fully saturated rings. The molecule has 0 saturated carbocycles. The smallest absolute Gasteiger partial charge is 0.298 e. The molecular weight excluding hydrogens is 428 g/mol. The summed E-state index contributed by atoms with van der Waals surface area (Å²) in [7, 11) is 3.03. The highest BCUT2D eigenvalue weighted by Crippen LogP contribution is 2.19. The molecular formula is C23H21ClN6O2. The molecule has 0 saturated heterocycles. The van der Waals surface area contributed by atoms with Crippen LogP contribution in [-0.2, 0) is 20.6 Å². The molecule has 9 heteroatoms. The highest BCUT2D eigenvalue weighted by Gasteiger charge is 2.19. The van der Waals surface area contributed by atoms with Crippen LogP contribution in [0.15, 0.2) is 75.4 Å². The zero-order chi connectivity index (χ0) is 22.7. The first kappa shape index (κ1) is 21.3. The Morgan fingerprint density at radius 1 is 1.03 bits per heavy atom. The average molecular weight is 449 g/mol. The van der Waals surface area contributed by atoms with Crippen molar-refractivity contribution < 1.29 is 0 Å². The van der Waals surface area contributed by atoms with Crippen molar-refractivity contribution in [2.24, 2.45) is 19.2 Å². The Hall–Kier alpha value is -3.91. The number of hydrogen-bond donors (Lipinski definition) is 1. The summed E-state index contributed by atoms with van der Waals surface area (Å²) in [5.41, 5.74) is 4.58. The number of imidazole rings is 1. The van der Waals surface area contributed by atoms with E-state index in [0.717, 1.165) is 15.7 Å². The predicted octanol–water partition coefficient (Wildman–Crippen LogP) is 3.25. The second-order valence-electron chi connectivity index (χ2n) is 7.19. The van der Waals surface area contributed by atoms with E-state index in [9.17, 15) is 9.59 Å². The van der Waals surface area contributed by atoms with Crippen LogP contribution in [0.5, 0.6) is 0 Å². The number of fused-ring (bicyclic) bond motifs is 1. The zero-order valence-electron chi connectivity index (χ0n) is 17.6. The quantitative estimate of drug-likeness (QED) is 0.362. The molecule has 162 valence electrons. The van der Waals surface area contributed by atoms with Crippen molar-refractivity contribution in [3.8, 4) is 0 Å². The third-order valence-electron chi connectivity index (χ3n) is 5.02. The molecule has 8 nitrogen and oxygen atoms in total. The average Bonchev–Trinajstić information content (AvgIpc) is 3.16. The Balaban J connectivity index is 1.72. The topological polar surface area (TPSA) is 86.2 Å². The van der Waals surface area contributed by atoms with Crippen molar-refractivity contribution in [3.05, 3.63) is 97.7 Å². The lowest BCUT2D eigenvalue weighted by atomic mass is 10.2. The van der Waals surface area contributed by atoms with Gasteiger partial charge in [-0.2, -0.15) is 10.1 Å². The number of nitrogens with one attached hydrogen (secondary N) is 1. The number of benzene rings is 2. The lowest BCUT2D eigenvalue weighted by Gasteiger charge is -2.09. The lowest BCUT2D eigenvalue weighted by Crippen LogP contribution is -2.37. The molecule has 2 aromatic carbocycles. The van der Waals surface area contributed by atoms with Crippen LogP contribution in [-0.4, -0.2) is 24.9 Å². The van der Waals surface area contributed by atoms with Crippen LogP contribution in [0.2, 0.25) is 5.02 Å². The summed E-state index contributed by atoms with van der Waals surface area (Å²) in [4.78, 5) is 29.7. The van der Waals surface area contributed by atoms with Gasteiger partial charge in [-0.15, -0.1) is 0 Å². The van der Waals surface area contributed by atoms with E-state index >= 15 is 0 Å². The van der Waals surface area contributed by atoms with E-state index in [-0.39, 0.29) is 5.65 Å². The van der Waals surface area contributed by atoms with Crippen molar-refractivity contribution in [2.75, 3.05) is 5.43 Å². The summed E-state index contributed by atoms with van der Waals surface area (Å²) in [5.74, 6) is 0.345. The fourth-order valence-electron chi connectivity index (χ4n) is 3.31. The van der Waals surface area contributed by atoms with Crippen LogP contribution < -0.4 is 16.7 Å². The van der Waals surface area contributed by atoms with Gasteiger partial charge in [0.25, 0.3) is 5.56 Å². The monoisotopic (exact) mass is 448 g/mol. The second-order valence-corrected chi connectivity index (χ2v) is 7.62. The van der Waals surface area contributed by atoms with Crippen molar-refractivity contribution in [1.82, 2.24) is 18.7 Å². The molecule has 32 heavy (non-hydrogen) atoms. The molecule has 4 aromatic rings. The third kappa shape index (κ3) is 4.26. The standard InChI is InChI=1S/C23H21ClN6O2/c1-28-20-19(21(31)29(2)23(28)32)30(15-17-10-12-18(24)13-11-17)22(26-20)27-25-14-6-9-16-7-4-3-5-8-16/h3-14H,15H2,1-2H3,(H,26,27)/b9-6+,25-14+. The summed E-state index contributed by atoms with van der Waals surface area (Å²) in [6.45, 7) is 0.346. The van der Waals surface area contributed by atoms with E-state index in [1.54, 1.807) is 36.0 Å². The van der Waals surface area contributed by atoms with Gasteiger partial charge in [-0.1, -0.05) is 60.1 Å². The van der Waals surface area contributed by atoms with E-state index in [1.165, 1.54) is 11.6 Å². The number of hydrogen-bond acceptors (Lipinski definition) is 5. The first-order valence-electron chi connectivity index (χ1n) is 9.87. The molecule has 2 heterocycles. The van der Waals surface area contributed by atoms with E-state index in [4.69, 9.17) is 11.6 Å². The number of halogens is 1. The highest BCUT2D eigenvalue weighted by molar-refractivity contribution is 6.30. The minimum Gasteiger partial charge on any atom is -0.298 e. The normalized spacial score (nSPS) is 11.7. The van der Waals surface area contributed by atoms with Crippen LogP contribution in [0, 0.1) is 0 Å². The Kier molecular flexibility index (Phi) is 6.04. The van der Waals surface area contributed by atoms with Gasteiger partial charge in [-0.25, -0.2) is 10.2 Å². The molecule has 4 rings (SSSR count). The maximum absolute atomic E-state index is 12.9. The van der Waals surface area contributed by atoms with E-state index in [2.05, 4.69) is 15.5 Å². The van der Waals surface area contributed by atoms with Crippen molar-refractivity contribution >= 4 is 41.0 Å². The minimum atomic E-state index is -0.445. The van der Waals surface area contributed by atoms with Gasteiger partial charge in [0, 0.05) is 25.3 Å². The van der Waals surface area contributed by atoms with Crippen molar-refractivity contribution in [2.45, 2.75) is 6.54 Å². The van der Waals surface area contributed by atoms with E-state index < -0.39 is 11.2 Å². The van der Waals surface area contributed by atoms with E-state index in [0.29, 0.717) is 23.0 Å². The first-order valence-corrected chi connectivity index (χ1v) is 10.2. The zero-order valence-corrected chi connectivity index (χ0v) is 18.3. The first-order chi connectivity index (χ1) is 15.5. The molecule has 0 amide bonds. The molecule has 0 aliphatic heterocycles. The third-order valence-corrected chi connectivity index (χ3v) is 5.27. The number of anilines is 1. The second kappa shape index (κ2) is 9.07. The van der Waals surface area contributed by atoms with Crippen molar-refractivity contribution in [1.29, 1.82) is 0 Å². The SMILES string of the molecule is Cn1c(=O)c2c(nc(N/N=C/C=C/c3ccccc3)n2Cc2ccc(Cl)cc2)n(C)c1=O. The summed E-state index contributed by atoms with van der Waals surface area (Å²) >= 11 is 6.00. The van der Waals surface area contributed by atoms with Gasteiger partial charge < -0.3 is 0 Å². The summed E-state index contributed by atoms with van der Waals surface area (Å²) < 4.78 is 4.12. The van der Waals surface area contributed by atoms with Gasteiger partial charge in [-0.3, -0.25) is 18.5 Å². The number of aryl methyl sites for hydroxylation is 1. The van der Waals surface area contributed by atoms with Gasteiger partial charge in [0.05, 0.1) is 6.54 Å². The fourth-order valence-corrected chi connectivity index (χ4v) is 3.44. The maximum Gasteiger partial charge on any atom is 0.332 e. The van der Waals surface area contributed by atoms with Crippen molar-refractivity contribution in [3.63, 3.8) is 0 Å². The summed E-state index contributed by atoms with van der Waals surface area (Å²) in [6.07, 6.45) is 5.31. The molecule has 0 spiro atoms.